The summed E-state index contributed by atoms with van der Waals surface area (Å²) in [6, 6.07) is 25.3. The van der Waals surface area contributed by atoms with Crippen LogP contribution in [-0.2, 0) is 38.1 Å². The SMILES string of the molecule is CC(=O)/C=C(/C)O.OCc1ccnc(-c2[c-]cc(-c3cccc4ccccc34)cc2CO)c1.[Ir]. The van der Waals surface area contributed by atoms with Gasteiger partial charge in [-0.15, -0.1) is 29.3 Å². The van der Waals surface area contributed by atoms with E-state index in [9.17, 15) is 15.0 Å². The molecular weight excluding hydrogens is 607 g/mol. The third-order valence-electron chi connectivity index (χ3n) is 4.97. The molecule has 0 fully saturated rings. The predicted molar refractivity (Wildman–Crippen MR) is 130 cm³/mol. The maximum absolute atomic E-state index is 10.0. The fraction of sp³-hybridized carbons (Fsp3) is 0.143. The van der Waals surface area contributed by atoms with Crippen molar-refractivity contribution in [1.29, 1.82) is 0 Å². The topological polar surface area (TPSA) is 90.7 Å². The first-order valence-electron chi connectivity index (χ1n) is 10.5. The molecule has 0 aliphatic carbocycles. The number of pyridine rings is 1. The van der Waals surface area contributed by atoms with Crippen LogP contribution in [0.15, 0.2) is 84.8 Å². The molecule has 1 aromatic heterocycles. The zero-order valence-electron chi connectivity index (χ0n) is 19.0. The van der Waals surface area contributed by atoms with Crippen LogP contribution in [0.3, 0.4) is 0 Å². The molecule has 5 nitrogen and oxygen atoms in total. The van der Waals surface area contributed by atoms with Gasteiger partial charge in [0.15, 0.2) is 5.78 Å². The smallest absolute Gasteiger partial charge is 0.155 e. The van der Waals surface area contributed by atoms with E-state index in [1.165, 1.54) is 30.7 Å². The van der Waals surface area contributed by atoms with Gasteiger partial charge in [0.25, 0.3) is 0 Å². The predicted octanol–water partition coefficient (Wildman–Crippen LogP) is 5.39. The van der Waals surface area contributed by atoms with Crippen molar-refractivity contribution in [1.82, 2.24) is 4.98 Å². The molecule has 6 heteroatoms. The second-order valence-electron chi connectivity index (χ2n) is 7.58. The van der Waals surface area contributed by atoms with Crippen LogP contribution in [0.2, 0.25) is 0 Å². The number of carbonyl (C=O) groups is 1. The zero-order valence-corrected chi connectivity index (χ0v) is 21.3. The number of nitrogens with zero attached hydrogens (tertiary/aromatic N) is 1. The van der Waals surface area contributed by atoms with Gasteiger partial charge in [-0.05, 0) is 41.9 Å². The first-order chi connectivity index (χ1) is 15.9. The summed E-state index contributed by atoms with van der Waals surface area (Å²) < 4.78 is 0. The number of aliphatic hydroxyl groups excluding tert-OH is 3. The minimum Gasteiger partial charge on any atom is -0.512 e. The van der Waals surface area contributed by atoms with E-state index in [1.54, 1.807) is 12.3 Å². The van der Waals surface area contributed by atoms with Gasteiger partial charge in [0.2, 0.25) is 0 Å². The molecule has 1 radical (unpaired) electrons. The maximum atomic E-state index is 10.0. The molecule has 177 valence electrons. The molecule has 3 N–H and O–H groups in total. The Balaban J connectivity index is 0.000000449. The van der Waals surface area contributed by atoms with Gasteiger partial charge in [-0.25, -0.2) is 0 Å². The van der Waals surface area contributed by atoms with E-state index in [1.807, 2.05) is 36.4 Å². The molecule has 1 heterocycles. The second kappa shape index (κ2) is 12.9. The monoisotopic (exact) mass is 633 g/mol. The van der Waals surface area contributed by atoms with Crippen LogP contribution < -0.4 is 0 Å². The van der Waals surface area contributed by atoms with E-state index in [2.05, 4.69) is 35.3 Å². The van der Waals surface area contributed by atoms with Crippen LogP contribution in [0.25, 0.3) is 33.2 Å². The van der Waals surface area contributed by atoms with Crippen molar-refractivity contribution in [3.8, 4) is 22.4 Å². The van der Waals surface area contributed by atoms with Gasteiger partial charge >= 0.3 is 0 Å². The first kappa shape index (κ1) is 27.1. The average molecular weight is 633 g/mol. The Bertz CT molecular complexity index is 1290. The molecule has 34 heavy (non-hydrogen) atoms. The number of ketones is 1. The summed E-state index contributed by atoms with van der Waals surface area (Å²) in [4.78, 5) is 14.4. The van der Waals surface area contributed by atoms with E-state index in [-0.39, 0.29) is 44.9 Å². The number of aliphatic hydroxyl groups is 3. The van der Waals surface area contributed by atoms with Gasteiger partial charge in [0, 0.05) is 39.0 Å². The quantitative estimate of drug-likeness (QED) is 0.156. The molecule has 0 aliphatic rings. The van der Waals surface area contributed by atoms with Crippen molar-refractivity contribution in [2.45, 2.75) is 27.1 Å². The Morgan fingerprint density at radius 1 is 1.00 bits per heavy atom. The van der Waals surface area contributed by atoms with Crippen LogP contribution in [0.5, 0.6) is 0 Å². The molecular formula is C28H26IrNO4-. The summed E-state index contributed by atoms with van der Waals surface area (Å²) in [5.41, 5.74) is 5.12. The molecule has 0 saturated heterocycles. The van der Waals surface area contributed by atoms with Gasteiger partial charge in [-0.1, -0.05) is 59.7 Å². The van der Waals surface area contributed by atoms with E-state index in [0.717, 1.165) is 27.8 Å². The molecule has 4 rings (SSSR count). The third kappa shape index (κ3) is 6.92. The van der Waals surface area contributed by atoms with Crippen LogP contribution in [0, 0.1) is 6.07 Å². The molecule has 0 atom stereocenters. The molecule has 0 aliphatic heterocycles. The Hall–Kier alpha value is -3.15. The zero-order chi connectivity index (χ0) is 23.8. The minimum atomic E-state index is -0.125. The van der Waals surface area contributed by atoms with Gasteiger partial charge < -0.3 is 20.3 Å². The van der Waals surface area contributed by atoms with Crippen LogP contribution >= 0.6 is 0 Å². The molecule has 0 spiro atoms. The summed E-state index contributed by atoms with van der Waals surface area (Å²) in [6.07, 6.45) is 2.83. The van der Waals surface area contributed by atoms with Crippen molar-refractivity contribution in [2.75, 3.05) is 0 Å². The number of allylic oxidation sites excluding steroid dienone is 2. The fourth-order valence-electron chi connectivity index (χ4n) is 3.54. The normalized spacial score (nSPS) is 10.8. The molecule has 0 unspecified atom stereocenters. The molecule has 0 bridgehead atoms. The van der Waals surface area contributed by atoms with E-state index in [0.29, 0.717) is 5.69 Å². The number of carbonyl (C=O) groups excluding carboxylic acids is 1. The number of rotatable bonds is 5. The van der Waals surface area contributed by atoms with Gasteiger partial charge in [-0.3, -0.25) is 4.79 Å². The molecule has 0 saturated carbocycles. The summed E-state index contributed by atoms with van der Waals surface area (Å²) >= 11 is 0. The van der Waals surface area contributed by atoms with Crippen LogP contribution in [-0.4, -0.2) is 26.1 Å². The summed E-state index contributed by atoms with van der Waals surface area (Å²) in [7, 11) is 0. The number of fused-ring (bicyclic) bond motifs is 1. The minimum absolute atomic E-state index is 0. The van der Waals surface area contributed by atoms with Crippen molar-refractivity contribution in [3.05, 3.63) is 102 Å². The number of aromatic nitrogens is 1. The number of hydrogen-bond acceptors (Lipinski definition) is 5. The van der Waals surface area contributed by atoms with E-state index in [4.69, 9.17) is 5.11 Å². The molecule has 4 aromatic rings. The van der Waals surface area contributed by atoms with E-state index >= 15 is 0 Å². The van der Waals surface area contributed by atoms with Gasteiger partial charge in [0.1, 0.15) is 0 Å². The van der Waals surface area contributed by atoms with Crippen LogP contribution in [0.1, 0.15) is 25.0 Å². The van der Waals surface area contributed by atoms with Crippen molar-refractivity contribution < 1.29 is 40.2 Å². The largest absolute Gasteiger partial charge is 0.512 e. The standard InChI is InChI=1S/C23H18NO2.C5H8O2.Ir/c25-14-16-10-11-24-23(12-16)22-9-8-18(13-19(22)15-26)21-7-3-5-17-4-1-2-6-20(17)21;1-4(6)3-5(2)7;/h1-8,10-13,25-26H,14-15H2;3,6H,1-2H3;/q-1;;/b;4-3-;. The van der Waals surface area contributed by atoms with Crippen LogP contribution in [0.4, 0.5) is 0 Å². The summed E-state index contributed by atoms with van der Waals surface area (Å²) in [5, 5.41) is 29.9. The van der Waals surface area contributed by atoms with Gasteiger partial charge in [0.05, 0.1) is 12.4 Å². The number of benzene rings is 3. The Labute approximate surface area is 212 Å². The van der Waals surface area contributed by atoms with Crippen molar-refractivity contribution in [3.63, 3.8) is 0 Å². The third-order valence-corrected chi connectivity index (χ3v) is 4.97. The Kier molecular flexibility index (Phi) is 10.3. The van der Waals surface area contributed by atoms with Gasteiger partial charge in [-0.2, -0.15) is 0 Å². The molecule has 0 amide bonds. The fourth-order valence-corrected chi connectivity index (χ4v) is 3.54. The van der Waals surface area contributed by atoms with Crippen molar-refractivity contribution in [2.24, 2.45) is 0 Å². The van der Waals surface area contributed by atoms with Crippen molar-refractivity contribution >= 4 is 16.6 Å². The maximum Gasteiger partial charge on any atom is 0.155 e. The van der Waals surface area contributed by atoms with E-state index < -0.39 is 0 Å². The number of hydrogen-bond donors (Lipinski definition) is 3. The Morgan fingerprint density at radius 3 is 2.38 bits per heavy atom. The summed E-state index contributed by atoms with van der Waals surface area (Å²) in [6.45, 7) is 2.70. The second-order valence-corrected chi connectivity index (χ2v) is 7.58. The molecule has 3 aromatic carbocycles. The average Bonchev–Trinajstić information content (AvgIpc) is 2.83. The summed E-state index contributed by atoms with van der Waals surface area (Å²) in [5.74, 6) is -0.0625. The first-order valence-corrected chi connectivity index (χ1v) is 10.5. The Morgan fingerprint density at radius 2 is 1.74 bits per heavy atom.